The molecule has 4 aromatic rings. The third kappa shape index (κ3) is 3.83. The smallest absolute Gasteiger partial charge is 0.0958 e. The summed E-state index contributed by atoms with van der Waals surface area (Å²) in [5, 5.41) is 3.65. The molecule has 5 rings (SSSR count). The molecular formula is C25H26N4S. The standard InChI is InChI=1S/C25H26N4S/c1-19(16-26-14-15-28-18-27-20-8-2-3-9-21(20)28)17-29-22-10-4-6-12-24(22)30-25-13-7-5-11-23(25)29/h2-13,18-19,26H,14-17H2,1H3. The van der Waals surface area contributed by atoms with Gasteiger partial charge in [0.25, 0.3) is 0 Å². The maximum Gasteiger partial charge on any atom is 0.0958 e. The lowest BCUT2D eigenvalue weighted by Crippen LogP contribution is -2.33. The molecule has 1 unspecified atom stereocenters. The van der Waals surface area contributed by atoms with Crippen LogP contribution in [0.1, 0.15) is 6.92 Å². The molecular weight excluding hydrogens is 388 g/mol. The Morgan fingerprint density at radius 1 is 0.900 bits per heavy atom. The SMILES string of the molecule is CC(CNCCn1cnc2ccccc21)CN1c2ccccc2Sc2ccccc21. The van der Waals surface area contributed by atoms with Crippen LogP contribution in [0, 0.1) is 5.92 Å². The average molecular weight is 415 g/mol. The maximum absolute atomic E-state index is 4.48. The molecule has 4 nitrogen and oxygen atoms in total. The van der Waals surface area contributed by atoms with Gasteiger partial charge in [0, 0.05) is 29.4 Å². The van der Waals surface area contributed by atoms with Gasteiger partial charge in [0.15, 0.2) is 0 Å². The fourth-order valence-electron chi connectivity index (χ4n) is 4.09. The summed E-state index contributed by atoms with van der Waals surface area (Å²) in [5.41, 5.74) is 4.90. The van der Waals surface area contributed by atoms with Crippen molar-refractivity contribution in [3.05, 3.63) is 79.1 Å². The van der Waals surface area contributed by atoms with Crippen LogP contribution in [-0.2, 0) is 6.54 Å². The molecule has 3 aromatic carbocycles. The zero-order valence-electron chi connectivity index (χ0n) is 17.2. The molecule has 0 saturated heterocycles. The minimum Gasteiger partial charge on any atom is -0.339 e. The first-order valence-electron chi connectivity index (χ1n) is 10.5. The summed E-state index contributed by atoms with van der Waals surface area (Å²) in [6.45, 7) is 6.18. The number of fused-ring (bicyclic) bond motifs is 3. The highest BCUT2D eigenvalue weighted by Crippen LogP contribution is 2.47. The number of hydrogen-bond donors (Lipinski definition) is 1. The molecule has 0 spiro atoms. The highest BCUT2D eigenvalue weighted by atomic mass is 32.2. The molecule has 152 valence electrons. The number of benzene rings is 3. The van der Waals surface area contributed by atoms with Crippen LogP contribution in [0.15, 0.2) is 88.9 Å². The molecule has 1 aliphatic heterocycles. The van der Waals surface area contributed by atoms with Crippen LogP contribution in [-0.4, -0.2) is 29.2 Å². The summed E-state index contributed by atoms with van der Waals surface area (Å²) in [4.78, 5) is 9.63. The number of imidazole rings is 1. The maximum atomic E-state index is 4.48. The van der Waals surface area contributed by atoms with Crippen LogP contribution >= 0.6 is 11.8 Å². The number of anilines is 2. The van der Waals surface area contributed by atoms with Gasteiger partial charge in [0.2, 0.25) is 0 Å². The van der Waals surface area contributed by atoms with Crippen LogP contribution in [0.3, 0.4) is 0 Å². The number of nitrogens with zero attached hydrogens (tertiary/aromatic N) is 3. The summed E-state index contributed by atoms with van der Waals surface area (Å²) in [6, 6.07) is 25.8. The van der Waals surface area contributed by atoms with Crippen LogP contribution in [0.5, 0.6) is 0 Å². The molecule has 1 atom stereocenters. The first-order chi connectivity index (χ1) is 14.8. The second-order valence-corrected chi connectivity index (χ2v) is 8.97. The van der Waals surface area contributed by atoms with Crippen molar-refractivity contribution in [2.45, 2.75) is 23.3 Å². The topological polar surface area (TPSA) is 33.1 Å². The van der Waals surface area contributed by atoms with E-state index in [-0.39, 0.29) is 0 Å². The summed E-state index contributed by atoms with van der Waals surface area (Å²) in [5.74, 6) is 0.522. The van der Waals surface area contributed by atoms with E-state index < -0.39 is 0 Å². The molecule has 5 heteroatoms. The van der Waals surface area contributed by atoms with Crippen LogP contribution < -0.4 is 10.2 Å². The molecule has 0 saturated carbocycles. The minimum atomic E-state index is 0.522. The highest BCUT2D eigenvalue weighted by Gasteiger charge is 2.23. The third-order valence-corrected chi connectivity index (χ3v) is 6.71. The van der Waals surface area contributed by atoms with Crippen molar-refractivity contribution in [1.29, 1.82) is 0 Å². The van der Waals surface area contributed by atoms with Gasteiger partial charge < -0.3 is 14.8 Å². The lowest BCUT2D eigenvalue weighted by atomic mass is 10.1. The third-order valence-electron chi connectivity index (χ3n) is 5.58. The minimum absolute atomic E-state index is 0.522. The largest absolute Gasteiger partial charge is 0.339 e. The van der Waals surface area contributed by atoms with Gasteiger partial charge in [-0.3, -0.25) is 0 Å². The second-order valence-electron chi connectivity index (χ2n) is 7.88. The molecule has 0 aliphatic carbocycles. The Labute approximate surface area is 181 Å². The van der Waals surface area contributed by atoms with Crippen molar-refractivity contribution in [1.82, 2.24) is 14.9 Å². The molecule has 30 heavy (non-hydrogen) atoms. The second kappa shape index (κ2) is 8.54. The Morgan fingerprint density at radius 3 is 2.33 bits per heavy atom. The van der Waals surface area contributed by atoms with E-state index in [1.165, 1.54) is 26.7 Å². The van der Waals surface area contributed by atoms with E-state index in [9.17, 15) is 0 Å². The monoisotopic (exact) mass is 414 g/mol. The summed E-state index contributed by atoms with van der Waals surface area (Å²) >= 11 is 1.87. The zero-order valence-corrected chi connectivity index (χ0v) is 18.0. The molecule has 1 aliphatic rings. The first-order valence-corrected chi connectivity index (χ1v) is 11.4. The Bertz CT molecular complexity index is 1110. The van der Waals surface area contributed by atoms with Crippen LogP contribution in [0.2, 0.25) is 0 Å². The lowest BCUT2D eigenvalue weighted by molar-refractivity contribution is 0.501. The molecule has 0 fully saturated rings. The predicted molar refractivity (Wildman–Crippen MR) is 126 cm³/mol. The highest BCUT2D eigenvalue weighted by molar-refractivity contribution is 7.99. The van der Waals surface area contributed by atoms with E-state index in [2.05, 4.69) is 93.4 Å². The van der Waals surface area contributed by atoms with Crippen LogP contribution in [0.4, 0.5) is 11.4 Å². The number of hydrogen-bond acceptors (Lipinski definition) is 4. The van der Waals surface area contributed by atoms with E-state index in [0.29, 0.717) is 5.92 Å². The van der Waals surface area contributed by atoms with Gasteiger partial charge in [-0.2, -0.15) is 0 Å². The average Bonchev–Trinajstić information content (AvgIpc) is 3.20. The fraction of sp³-hybridized carbons (Fsp3) is 0.240. The van der Waals surface area contributed by atoms with Gasteiger partial charge in [-0.1, -0.05) is 55.1 Å². The first kappa shape index (κ1) is 19.2. The quantitative estimate of drug-likeness (QED) is 0.401. The molecule has 1 aromatic heterocycles. The van der Waals surface area contributed by atoms with Gasteiger partial charge in [-0.25, -0.2) is 4.98 Å². The van der Waals surface area contributed by atoms with Crippen molar-refractivity contribution in [2.24, 2.45) is 5.92 Å². The lowest BCUT2D eigenvalue weighted by Gasteiger charge is -2.34. The van der Waals surface area contributed by atoms with Crippen molar-refractivity contribution < 1.29 is 0 Å². The number of nitrogens with one attached hydrogen (secondary N) is 1. The van der Waals surface area contributed by atoms with Crippen molar-refractivity contribution >= 4 is 34.2 Å². The van der Waals surface area contributed by atoms with E-state index in [1.54, 1.807) is 0 Å². The van der Waals surface area contributed by atoms with Crippen molar-refractivity contribution in [3.8, 4) is 0 Å². The van der Waals surface area contributed by atoms with Gasteiger partial charge in [-0.05, 0) is 48.9 Å². The van der Waals surface area contributed by atoms with E-state index >= 15 is 0 Å². The normalized spacial score (nSPS) is 13.8. The predicted octanol–water partition coefficient (Wildman–Crippen LogP) is 5.56. The Hall–Kier alpha value is -2.76. The zero-order chi connectivity index (χ0) is 20.3. The summed E-state index contributed by atoms with van der Waals surface area (Å²) in [7, 11) is 0. The summed E-state index contributed by atoms with van der Waals surface area (Å²) in [6.07, 6.45) is 1.94. The van der Waals surface area contributed by atoms with Gasteiger partial charge in [0.1, 0.15) is 0 Å². The molecule has 1 N–H and O–H groups in total. The fourth-order valence-corrected chi connectivity index (χ4v) is 5.19. The summed E-state index contributed by atoms with van der Waals surface area (Å²) < 4.78 is 2.22. The van der Waals surface area contributed by atoms with Crippen molar-refractivity contribution in [2.75, 3.05) is 24.5 Å². The molecule has 0 bridgehead atoms. The van der Waals surface area contributed by atoms with Gasteiger partial charge in [0.05, 0.1) is 28.7 Å². The Morgan fingerprint density at radius 2 is 1.57 bits per heavy atom. The number of rotatable bonds is 7. The van der Waals surface area contributed by atoms with Gasteiger partial charge >= 0.3 is 0 Å². The van der Waals surface area contributed by atoms with Crippen LogP contribution in [0.25, 0.3) is 11.0 Å². The number of aromatic nitrogens is 2. The van der Waals surface area contributed by atoms with Crippen molar-refractivity contribution in [3.63, 3.8) is 0 Å². The van der Waals surface area contributed by atoms with E-state index in [0.717, 1.165) is 31.7 Å². The van der Waals surface area contributed by atoms with E-state index in [4.69, 9.17) is 0 Å². The molecule has 2 heterocycles. The Balaban J connectivity index is 1.21. The number of para-hydroxylation sites is 4. The molecule has 0 radical (unpaired) electrons. The van der Waals surface area contributed by atoms with Gasteiger partial charge in [-0.15, -0.1) is 0 Å². The van der Waals surface area contributed by atoms with E-state index in [1.807, 2.05) is 24.2 Å². The molecule has 0 amide bonds. The Kier molecular flexibility index (Phi) is 5.47.